The summed E-state index contributed by atoms with van der Waals surface area (Å²) in [4.78, 5) is 0. The van der Waals surface area contributed by atoms with Crippen molar-refractivity contribution in [2.45, 2.75) is 31.7 Å². The predicted octanol–water partition coefficient (Wildman–Crippen LogP) is 4.12. The monoisotopic (exact) mass is 318 g/mol. The average Bonchev–Trinajstić information content (AvgIpc) is 2.63. The lowest BCUT2D eigenvalue weighted by Gasteiger charge is -2.37. The molecule has 2 heteroatoms. The number of hydrogen-bond donors (Lipinski definition) is 1. The number of benzene rings is 2. The second-order valence-electron chi connectivity index (χ2n) is 6.00. The van der Waals surface area contributed by atoms with Gasteiger partial charge in [0.2, 0.25) is 0 Å². The molecule has 0 radical (unpaired) electrons. The van der Waals surface area contributed by atoms with Crippen molar-refractivity contribution in [3.8, 4) is 11.8 Å². The third-order valence-corrected chi connectivity index (χ3v) is 4.35. The van der Waals surface area contributed by atoms with Gasteiger partial charge in [-0.25, -0.2) is 0 Å². The topological polar surface area (TPSA) is 29.5 Å². The summed E-state index contributed by atoms with van der Waals surface area (Å²) in [6.07, 6.45) is 3.66. The zero-order valence-corrected chi connectivity index (χ0v) is 13.8. The van der Waals surface area contributed by atoms with E-state index in [-0.39, 0.29) is 17.9 Å². The van der Waals surface area contributed by atoms with Gasteiger partial charge in [0.25, 0.3) is 0 Å². The van der Waals surface area contributed by atoms with E-state index in [0.29, 0.717) is 6.42 Å². The van der Waals surface area contributed by atoms with E-state index in [1.807, 2.05) is 61.5 Å². The summed E-state index contributed by atoms with van der Waals surface area (Å²) in [5.41, 5.74) is 2.17. The summed E-state index contributed by atoms with van der Waals surface area (Å²) in [6.45, 7) is 2.01. The van der Waals surface area contributed by atoms with Crippen LogP contribution < -0.4 is 0 Å². The molecule has 1 aliphatic heterocycles. The van der Waals surface area contributed by atoms with E-state index in [2.05, 4.69) is 30.0 Å². The molecule has 0 spiro atoms. The first-order valence-electron chi connectivity index (χ1n) is 8.36. The van der Waals surface area contributed by atoms with Crippen molar-refractivity contribution in [3.05, 3.63) is 83.9 Å². The molecule has 4 unspecified atom stereocenters. The van der Waals surface area contributed by atoms with Crippen LogP contribution in [0, 0.1) is 17.8 Å². The minimum Gasteiger partial charge on any atom is -0.368 e. The zero-order chi connectivity index (χ0) is 16.8. The lowest BCUT2D eigenvalue weighted by Crippen LogP contribution is -2.38. The van der Waals surface area contributed by atoms with Gasteiger partial charge < -0.3 is 9.84 Å². The van der Waals surface area contributed by atoms with Gasteiger partial charge in [-0.3, -0.25) is 0 Å². The van der Waals surface area contributed by atoms with Gasteiger partial charge in [0.1, 0.15) is 6.10 Å². The van der Waals surface area contributed by atoms with Crippen molar-refractivity contribution in [1.29, 1.82) is 0 Å². The number of aliphatic hydroxyl groups excluding tert-OH is 1. The SMILES string of the molecule is C/C=C/C1C(C#Cc2ccccc2)OC(O)CC1c1ccccc1. The molecule has 4 atom stereocenters. The predicted molar refractivity (Wildman–Crippen MR) is 96.3 cm³/mol. The number of rotatable bonds is 2. The van der Waals surface area contributed by atoms with Gasteiger partial charge in [-0.2, -0.15) is 0 Å². The summed E-state index contributed by atoms with van der Waals surface area (Å²) < 4.78 is 5.76. The highest BCUT2D eigenvalue weighted by Crippen LogP contribution is 2.38. The van der Waals surface area contributed by atoms with E-state index in [4.69, 9.17) is 4.74 Å². The van der Waals surface area contributed by atoms with Crippen LogP contribution in [0.3, 0.4) is 0 Å². The fraction of sp³-hybridized carbons (Fsp3) is 0.273. The molecule has 24 heavy (non-hydrogen) atoms. The molecular formula is C22H22O2. The smallest absolute Gasteiger partial charge is 0.156 e. The van der Waals surface area contributed by atoms with Gasteiger partial charge in [-0.1, -0.05) is 72.5 Å². The Hall–Kier alpha value is -2.34. The number of ether oxygens (including phenoxy) is 1. The first-order valence-corrected chi connectivity index (χ1v) is 8.36. The van der Waals surface area contributed by atoms with E-state index in [9.17, 15) is 5.11 Å². The number of aliphatic hydroxyl groups is 1. The van der Waals surface area contributed by atoms with E-state index in [0.717, 1.165) is 5.56 Å². The fourth-order valence-electron chi connectivity index (χ4n) is 3.22. The van der Waals surface area contributed by atoms with E-state index in [1.165, 1.54) is 5.56 Å². The third-order valence-electron chi connectivity index (χ3n) is 4.35. The van der Waals surface area contributed by atoms with Gasteiger partial charge in [-0.15, -0.1) is 0 Å². The van der Waals surface area contributed by atoms with E-state index in [1.54, 1.807) is 0 Å². The molecule has 1 fully saturated rings. The van der Waals surface area contributed by atoms with Crippen molar-refractivity contribution < 1.29 is 9.84 Å². The lowest BCUT2D eigenvalue weighted by atomic mass is 9.78. The van der Waals surface area contributed by atoms with Crippen molar-refractivity contribution in [2.75, 3.05) is 0 Å². The van der Waals surface area contributed by atoms with Crippen LogP contribution in [0.15, 0.2) is 72.8 Å². The maximum Gasteiger partial charge on any atom is 0.156 e. The minimum atomic E-state index is -0.785. The fourth-order valence-corrected chi connectivity index (χ4v) is 3.22. The standard InChI is InChI=1S/C22H22O2/c1-2-9-19-20(18-12-7-4-8-13-18)16-22(23)24-21(19)15-14-17-10-5-3-6-11-17/h2-13,19-23H,16H2,1H3/b9-2+. The number of allylic oxidation sites excluding steroid dienone is 1. The van der Waals surface area contributed by atoms with E-state index < -0.39 is 6.29 Å². The van der Waals surface area contributed by atoms with E-state index >= 15 is 0 Å². The van der Waals surface area contributed by atoms with Crippen LogP contribution in [-0.4, -0.2) is 17.5 Å². The first kappa shape index (κ1) is 16.5. The van der Waals surface area contributed by atoms with Crippen molar-refractivity contribution in [3.63, 3.8) is 0 Å². The summed E-state index contributed by atoms with van der Waals surface area (Å²) >= 11 is 0. The van der Waals surface area contributed by atoms with Gasteiger partial charge in [0.05, 0.1) is 0 Å². The van der Waals surface area contributed by atoms with Crippen LogP contribution >= 0.6 is 0 Å². The maximum absolute atomic E-state index is 10.2. The Bertz CT molecular complexity index is 725. The van der Waals surface area contributed by atoms with Crippen LogP contribution in [0.25, 0.3) is 0 Å². The summed E-state index contributed by atoms with van der Waals surface area (Å²) in [7, 11) is 0. The van der Waals surface area contributed by atoms with Gasteiger partial charge in [-0.05, 0) is 30.5 Å². The molecule has 2 aromatic carbocycles. The van der Waals surface area contributed by atoms with Crippen LogP contribution in [0.5, 0.6) is 0 Å². The molecule has 3 rings (SSSR count). The van der Waals surface area contributed by atoms with Gasteiger partial charge >= 0.3 is 0 Å². The van der Waals surface area contributed by atoms with Crippen molar-refractivity contribution >= 4 is 0 Å². The second-order valence-corrected chi connectivity index (χ2v) is 6.00. The highest BCUT2D eigenvalue weighted by Gasteiger charge is 2.36. The molecular weight excluding hydrogens is 296 g/mol. The van der Waals surface area contributed by atoms with Crippen molar-refractivity contribution in [2.24, 2.45) is 5.92 Å². The molecule has 0 saturated carbocycles. The minimum absolute atomic E-state index is 0.122. The molecule has 0 amide bonds. The normalized spacial score (nSPS) is 26.8. The van der Waals surface area contributed by atoms with Crippen LogP contribution in [-0.2, 0) is 4.74 Å². The molecule has 2 nitrogen and oxygen atoms in total. The number of hydrogen-bond acceptors (Lipinski definition) is 2. The quantitative estimate of drug-likeness (QED) is 0.666. The summed E-state index contributed by atoms with van der Waals surface area (Å²) in [6, 6.07) is 20.2. The van der Waals surface area contributed by atoms with Gasteiger partial charge in [0.15, 0.2) is 6.29 Å². The average molecular weight is 318 g/mol. The summed E-state index contributed by atoms with van der Waals surface area (Å²) in [5, 5.41) is 10.2. The largest absolute Gasteiger partial charge is 0.368 e. The molecule has 1 N–H and O–H groups in total. The van der Waals surface area contributed by atoms with Crippen LogP contribution in [0.1, 0.15) is 30.4 Å². The Morgan fingerprint density at radius 2 is 1.71 bits per heavy atom. The second kappa shape index (κ2) is 7.97. The maximum atomic E-state index is 10.2. The molecule has 1 aliphatic rings. The molecule has 0 bridgehead atoms. The molecule has 1 saturated heterocycles. The van der Waals surface area contributed by atoms with Crippen LogP contribution in [0.4, 0.5) is 0 Å². The Morgan fingerprint density at radius 1 is 1.04 bits per heavy atom. The highest BCUT2D eigenvalue weighted by atomic mass is 16.6. The molecule has 2 aromatic rings. The van der Waals surface area contributed by atoms with Crippen molar-refractivity contribution in [1.82, 2.24) is 0 Å². The first-order chi connectivity index (χ1) is 11.8. The zero-order valence-electron chi connectivity index (χ0n) is 13.8. The Kier molecular flexibility index (Phi) is 5.48. The lowest BCUT2D eigenvalue weighted by molar-refractivity contribution is -0.164. The van der Waals surface area contributed by atoms with Gasteiger partial charge in [0, 0.05) is 17.9 Å². The molecule has 122 valence electrons. The summed E-state index contributed by atoms with van der Waals surface area (Å²) in [5.74, 6) is 6.71. The molecule has 0 aromatic heterocycles. The highest BCUT2D eigenvalue weighted by molar-refractivity contribution is 5.36. The molecule has 1 heterocycles. The third kappa shape index (κ3) is 3.94. The Labute approximate surface area is 143 Å². The van der Waals surface area contributed by atoms with Crippen LogP contribution in [0.2, 0.25) is 0 Å². The Morgan fingerprint density at radius 3 is 2.38 bits per heavy atom. The molecule has 0 aliphatic carbocycles. The Balaban J connectivity index is 1.91.